The molecule has 120 valence electrons. The van der Waals surface area contributed by atoms with Gasteiger partial charge in [-0.25, -0.2) is 9.97 Å². The number of anilines is 1. The van der Waals surface area contributed by atoms with E-state index in [1.54, 1.807) is 24.8 Å². The summed E-state index contributed by atoms with van der Waals surface area (Å²) in [5, 5.41) is 3.07. The van der Waals surface area contributed by atoms with Crippen LogP contribution in [0.4, 0.5) is 5.82 Å². The Kier molecular flexibility index (Phi) is 4.75. The van der Waals surface area contributed by atoms with Gasteiger partial charge in [0.05, 0.1) is 11.9 Å². The second kappa shape index (κ2) is 7.13. The summed E-state index contributed by atoms with van der Waals surface area (Å²) in [5.74, 6) is 1.15. The number of hydrogen-bond acceptors (Lipinski definition) is 6. The highest BCUT2D eigenvalue weighted by atomic mass is 16.2. The number of aromatic nitrogens is 4. The number of piperidine rings is 1. The molecule has 0 saturated carbocycles. The zero-order valence-electron chi connectivity index (χ0n) is 13.1. The van der Waals surface area contributed by atoms with Gasteiger partial charge in [-0.15, -0.1) is 0 Å². The zero-order chi connectivity index (χ0) is 16.1. The lowest BCUT2D eigenvalue weighted by Gasteiger charge is -2.32. The monoisotopic (exact) mass is 312 g/mol. The first kappa shape index (κ1) is 15.3. The first-order valence-corrected chi connectivity index (χ1v) is 7.81. The molecule has 1 atom stereocenters. The Labute approximate surface area is 135 Å². The Morgan fingerprint density at radius 1 is 1.26 bits per heavy atom. The number of rotatable bonds is 4. The van der Waals surface area contributed by atoms with Crippen LogP contribution in [0.2, 0.25) is 0 Å². The normalized spacial score (nSPS) is 17.8. The minimum absolute atomic E-state index is 0.0456. The fourth-order valence-corrected chi connectivity index (χ4v) is 2.99. The molecule has 1 fully saturated rings. The van der Waals surface area contributed by atoms with Crippen molar-refractivity contribution in [1.29, 1.82) is 0 Å². The Balaban J connectivity index is 1.68. The molecule has 3 heterocycles. The summed E-state index contributed by atoms with van der Waals surface area (Å²) >= 11 is 0. The largest absolute Gasteiger partial charge is 0.372 e. The van der Waals surface area contributed by atoms with E-state index in [2.05, 4.69) is 25.3 Å². The molecule has 0 bridgehead atoms. The molecule has 0 spiro atoms. The van der Waals surface area contributed by atoms with E-state index in [1.807, 2.05) is 11.9 Å². The first-order chi connectivity index (χ1) is 11.3. The zero-order valence-corrected chi connectivity index (χ0v) is 13.1. The molecule has 2 aromatic rings. The lowest BCUT2D eigenvalue weighted by Crippen LogP contribution is -2.41. The molecule has 7 heteroatoms. The molecule has 1 aliphatic heterocycles. The summed E-state index contributed by atoms with van der Waals surface area (Å²) in [4.78, 5) is 31.2. The lowest BCUT2D eigenvalue weighted by molar-refractivity contribution is 0.0666. The second-order valence-electron chi connectivity index (χ2n) is 5.66. The number of amides is 1. The van der Waals surface area contributed by atoms with E-state index in [0.29, 0.717) is 11.6 Å². The van der Waals surface area contributed by atoms with Gasteiger partial charge >= 0.3 is 0 Å². The Bertz CT molecular complexity index is 663. The molecular formula is C16H20N6O. The van der Waals surface area contributed by atoms with Crippen LogP contribution < -0.4 is 5.32 Å². The molecule has 0 unspecified atom stereocenters. The highest BCUT2D eigenvalue weighted by Crippen LogP contribution is 2.23. The predicted molar refractivity (Wildman–Crippen MR) is 85.9 cm³/mol. The van der Waals surface area contributed by atoms with Gasteiger partial charge < -0.3 is 10.2 Å². The Morgan fingerprint density at radius 3 is 2.87 bits per heavy atom. The van der Waals surface area contributed by atoms with Crippen molar-refractivity contribution in [3.8, 4) is 0 Å². The summed E-state index contributed by atoms with van der Waals surface area (Å²) in [6.45, 7) is 1.49. The average molecular weight is 312 g/mol. The number of carbonyl (C=O) groups is 1. The predicted octanol–water partition coefficient (Wildman–Crippen LogP) is 1.40. The smallest absolute Gasteiger partial charge is 0.274 e. The van der Waals surface area contributed by atoms with Gasteiger partial charge in [-0.3, -0.25) is 14.8 Å². The number of carbonyl (C=O) groups excluding carboxylic acids is 1. The van der Waals surface area contributed by atoms with E-state index < -0.39 is 0 Å². The minimum Gasteiger partial charge on any atom is -0.372 e. The van der Waals surface area contributed by atoms with Crippen LogP contribution in [0.15, 0.2) is 31.0 Å². The van der Waals surface area contributed by atoms with Crippen molar-refractivity contribution in [2.45, 2.75) is 19.3 Å². The molecule has 2 aromatic heterocycles. The van der Waals surface area contributed by atoms with Crippen molar-refractivity contribution in [3.05, 3.63) is 42.4 Å². The summed E-state index contributed by atoms with van der Waals surface area (Å²) in [6, 6.07) is 0. The summed E-state index contributed by atoms with van der Waals surface area (Å²) < 4.78 is 0. The van der Waals surface area contributed by atoms with Crippen molar-refractivity contribution in [2.24, 2.45) is 5.92 Å². The third-order valence-corrected chi connectivity index (χ3v) is 4.08. The van der Waals surface area contributed by atoms with Gasteiger partial charge in [0, 0.05) is 44.9 Å². The lowest BCUT2D eigenvalue weighted by atomic mass is 9.93. The number of likely N-dealkylation sites (tertiary alicyclic amines) is 1. The average Bonchev–Trinajstić information content (AvgIpc) is 2.62. The SMILES string of the molecule is CNc1nccnc1C[C@@H]1CCCN(C(=O)c2cnccn2)C1. The molecule has 1 amide bonds. The van der Waals surface area contributed by atoms with Gasteiger partial charge in [0.2, 0.25) is 0 Å². The molecule has 0 aliphatic carbocycles. The van der Waals surface area contributed by atoms with Gasteiger partial charge in [-0.05, 0) is 25.2 Å². The van der Waals surface area contributed by atoms with Crippen LogP contribution in [0.3, 0.4) is 0 Å². The molecule has 1 N–H and O–H groups in total. The highest BCUT2D eigenvalue weighted by molar-refractivity contribution is 5.92. The molecule has 3 rings (SSSR count). The van der Waals surface area contributed by atoms with E-state index in [1.165, 1.54) is 6.20 Å². The van der Waals surface area contributed by atoms with Crippen molar-refractivity contribution in [3.63, 3.8) is 0 Å². The Morgan fingerprint density at radius 2 is 2.09 bits per heavy atom. The molecule has 1 aliphatic rings. The van der Waals surface area contributed by atoms with Gasteiger partial charge in [-0.2, -0.15) is 0 Å². The van der Waals surface area contributed by atoms with E-state index >= 15 is 0 Å². The maximum atomic E-state index is 12.5. The van der Waals surface area contributed by atoms with Crippen LogP contribution >= 0.6 is 0 Å². The third-order valence-electron chi connectivity index (χ3n) is 4.08. The Hall–Kier alpha value is -2.57. The van der Waals surface area contributed by atoms with E-state index in [0.717, 1.165) is 43.9 Å². The molecule has 7 nitrogen and oxygen atoms in total. The topological polar surface area (TPSA) is 83.9 Å². The molecular weight excluding hydrogens is 292 g/mol. The second-order valence-corrected chi connectivity index (χ2v) is 5.66. The van der Waals surface area contributed by atoms with Crippen LogP contribution in [0.5, 0.6) is 0 Å². The number of nitrogens with one attached hydrogen (secondary N) is 1. The third kappa shape index (κ3) is 3.61. The molecule has 1 saturated heterocycles. The van der Waals surface area contributed by atoms with Crippen LogP contribution in [0.25, 0.3) is 0 Å². The quantitative estimate of drug-likeness (QED) is 0.919. The fourth-order valence-electron chi connectivity index (χ4n) is 2.99. The molecule has 23 heavy (non-hydrogen) atoms. The van der Waals surface area contributed by atoms with Gasteiger partial charge in [0.25, 0.3) is 5.91 Å². The number of hydrogen-bond donors (Lipinski definition) is 1. The van der Waals surface area contributed by atoms with Gasteiger partial charge in [0.1, 0.15) is 11.5 Å². The van der Waals surface area contributed by atoms with Crippen LogP contribution in [-0.2, 0) is 6.42 Å². The maximum Gasteiger partial charge on any atom is 0.274 e. The fraction of sp³-hybridized carbons (Fsp3) is 0.438. The van der Waals surface area contributed by atoms with E-state index in [-0.39, 0.29) is 5.91 Å². The maximum absolute atomic E-state index is 12.5. The van der Waals surface area contributed by atoms with Gasteiger partial charge in [0.15, 0.2) is 0 Å². The molecule has 0 radical (unpaired) electrons. The number of nitrogens with zero attached hydrogens (tertiary/aromatic N) is 5. The minimum atomic E-state index is -0.0456. The summed E-state index contributed by atoms with van der Waals surface area (Å²) in [6.07, 6.45) is 10.9. The summed E-state index contributed by atoms with van der Waals surface area (Å²) in [5.41, 5.74) is 1.36. The van der Waals surface area contributed by atoms with E-state index in [9.17, 15) is 4.79 Å². The standard InChI is InChI=1S/C16H20N6O/c1-17-15-13(19-6-7-21-15)9-12-3-2-8-22(11-12)16(23)14-10-18-4-5-20-14/h4-7,10,12H,2-3,8-9,11H2,1H3,(H,17,21)/t12-/m0/s1. The van der Waals surface area contributed by atoms with Crippen LogP contribution in [-0.4, -0.2) is 50.9 Å². The van der Waals surface area contributed by atoms with Crippen LogP contribution in [0.1, 0.15) is 29.0 Å². The first-order valence-electron chi connectivity index (χ1n) is 7.81. The summed E-state index contributed by atoms with van der Waals surface area (Å²) in [7, 11) is 1.85. The highest BCUT2D eigenvalue weighted by Gasteiger charge is 2.26. The van der Waals surface area contributed by atoms with Crippen molar-refractivity contribution in [2.75, 3.05) is 25.5 Å². The van der Waals surface area contributed by atoms with Crippen molar-refractivity contribution >= 4 is 11.7 Å². The van der Waals surface area contributed by atoms with Crippen molar-refractivity contribution in [1.82, 2.24) is 24.8 Å². The molecule has 0 aromatic carbocycles. The van der Waals surface area contributed by atoms with Crippen LogP contribution in [0, 0.1) is 5.92 Å². The van der Waals surface area contributed by atoms with Crippen molar-refractivity contribution < 1.29 is 4.79 Å². The van der Waals surface area contributed by atoms with Gasteiger partial charge in [-0.1, -0.05) is 0 Å². The van der Waals surface area contributed by atoms with E-state index in [4.69, 9.17) is 0 Å².